The molecule has 0 aromatic heterocycles. The fourth-order valence-corrected chi connectivity index (χ4v) is 1.21. The lowest BCUT2D eigenvalue weighted by molar-refractivity contribution is 0.414. The van der Waals surface area contributed by atoms with Crippen molar-refractivity contribution in [3.05, 3.63) is 29.8 Å². The monoisotopic (exact) mass is 193 g/mol. The fraction of sp³-hybridized carbons (Fsp3) is 0.300. The minimum atomic E-state index is 0.0487. The molecule has 0 saturated carbocycles. The molecule has 3 heteroatoms. The summed E-state index contributed by atoms with van der Waals surface area (Å²) in [6.07, 6.45) is 0. The molecular weight excluding hydrogens is 182 g/mol. The van der Waals surface area contributed by atoms with E-state index >= 15 is 0 Å². The van der Waals surface area contributed by atoms with Gasteiger partial charge in [-0.1, -0.05) is 12.1 Å². The van der Waals surface area contributed by atoms with Crippen LogP contribution >= 0.6 is 12.2 Å². The van der Waals surface area contributed by atoms with E-state index in [9.17, 15) is 0 Å². The molecule has 0 spiro atoms. The Hall–Kier alpha value is -1.18. The molecule has 68 valence electrons. The number of hydrogen-bond acceptors (Lipinski definition) is 3. The summed E-state index contributed by atoms with van der Waals surface area (Å²) in [6.45, 7) is 1.97. The minimum Gasteiger partial charge on any atom is -0.497 e. The second kappa shape index (κ2) is 4.75. The molecule has 0 N–H and O–H groups in total. The summed E-state index contributed by atoms with van der Waals surface area (Å²) >= 11 is 4.54. The van der Waals surface area contributed by atoms with Gasteiger partial charge in [0.1, 0.15) is 5.75 Å². The van der Waals surface area contributed by atoms with Crippen molar-refractivity contribution in [3.8, 4) is 5.75 Å². The van der Waals surface area contributed by atoms with Gasteiger partial charge in [0.2, 0.25) is 0 Å². The van der Waals surface area contributed by atoms with Crippen LogP contribution < -0.4 is 4.74 Å². The van der Waals surface area contributed by atoms with E-state index in [1.54, 1.807) is 7.11 Å². The molecule has 0 unspecified atom stereocenters. The molecule has 0 amide bonds. The summed E-state index contributed by atoms with van der Waals surface area (Å²) < 4.78 is 5.10. The number of aliphatic imine (C=N–C) groups is 1. The molecule has 1 rings (SSSR count). The highest BCUT2D eigenvalue weighted by atomic mass is 32.1. The number of nitrogens with zero attached hydrogens (tertiary/aromatic N) is 1. The molecule has 0 aliphatic carbocycles. The maximum Gasteiger partial charge on any atom is 0.119 e. The number of hydrogen-bond donors (Lipinski definition) is 0. The molecule has 0 saturated heterocycles. The molecule has 1 aromatic carbocycles. The third-order valence-corrected chi connectivity index (χ3v) is 1.93. The van der Waals surface area contributed by atoms with Crippen molar-refractivity contribution in [3.63, 3.8) is 0 Å². The van der Waals surface area contributed by atoms with Gasteiger partial charge in [-0.25, -0.2) is 4.99 Å². The molecule has 0 aliphatic heterocycles. The van der Waals surface area contributed by atoms with Gasteiger partial charge in [0.25, 0.3) is 0 Å². The second-order valence-corrected chi connectivity index (χ2v) is 2.86. The van der Waals surface area contributed by atoms with Crippen LogP contribution in [-0.2, 0) is 0 Å². The summed E-state index contributed by atoms with van der Waals surface area (Å²) in [5.41, 5.74) is 1.08. The van der Waals surface area contributed by atoms with Gasteiger partial charge < -0.3 is 4.74 Å². The van der Waals surface area contributed by atoms with Crippen molar-refractivity contribution in [2.75, 3.05) is 7.11 Å². The van der Waals surface area contributed by atoms with E-state index in [0.717, 1.165) is 11.3 Å². The van der Waals surface area contributed by atoms with E-state index in [0.29, 0.717) is 0 Å². The highest BCUT2D eigenvalue weighted by Gasteiger charge is 2.02. The molecule has 2 nitrogen and oxygen atoms in total. The van der Waals surface area contributed by atoms with Crippen molar-refractivity contribution >= 4 is 17.4 Å². The van der Waals surface area contributed by atoms with Gasteiger partial charge in [0.05, 0.1) is 18.3 Å². The highest BCUT2D eigenvalue weighted by Crippen LogP contribution is 2.20. The first-order chi connectivity index (χ1) is 6.27. The average molecular weight is 193 g/mol. The molecule has 0 heterocycles. The predicted molar refractivity (Wildman–Crippen MR) is 56.4 cm³/mol. The summed E-state index contributed by atoms with van der Waals surface area (Å²) in [5, 5.41) is 2.37. The van der Waals surface area contributed by atoms with Crippen molar-refractivity contribution < 1.29 is 4.74 Å². The van der Waals surface area contributed by atoms with Crippen LogP contribution in [0, 0.1) is 0 Å². The zero-order valence-electron chi connectivity index (χ0n) is 7.65. The number of isothiocyanates is 1. The van der Waals surface area contributed by atoms with Crippen LogP contribution in [0.15, 0.2) is 29.3 Å². The quantitative estimate of drug-likeness (QED) is 0.544. The van der Waals surface area contributed by atoms with E-state index in [-0.39, 0.29) is 6.04 Å². The van der Waals surface area contributed by atoms with Gasteiger partial charge in [0.15, 0.2) is 0 Å². The van der Waals surface area contributed by atoms with E-state index in [2.05, 4.69) is 22.4 Å². The molecule has 0 bridgehead atoms. The Morgan fingerprint density at radius 1 is 1.54 bits per heavy atom. The molecule has 13 heavy (non-hydrogen) atoms. The van der Waals surface area contributed by atoms with Crippen LogP contribution in [0.5, 0.6) is 5.75 Å². The molecule has 0 radical (unpaired) electrons. The topological polar surface area (TPSA) is 21.6 Å². The van der Waals surface area contributed by atoms with Gasteiger partial charge in [-0.05, 0) is 36.8 Å². The number of ether oxygens (including phenoxy) is 1. The Morgan fingerprint density at radius 3 is 2.92 bits per heavy atom. The first-order valence-electron chi connectivity index (χ1n) is 3.99. The Morgan fingerprint density at radius 2 is 2.31 bits per heavy atom. The summed E-state index contributed by atoms with van der Waals surface area (Å²) in [7, 11) is 1.65. The third kappa shape index (κ3) is 2.65. The fourth-order valence-electron chi connectivity index (χ4n) is 1.05. The summed E-state index contributed by atoms with van der Waals surface area (Å²) in [5.74, 6) is 0.837. The molecule has 1 atom stereocenters. The van der Waals surface area contributed by atoms with Crippen molar-refractivity contribution in [2.24, 2.45) is 4.99 Å². The van der Waals surface area contributed by atoms with Crippen LogP contribution in [0.25, 0.3) is 0 Å². The Kier molecular flexibility index (Phi) is 3.62. The Balaban J connectivity index is 2.94. The number of thiocarbonyl (C=S) groups is 1. The number of benzene rings is 1. The van der Waals surface area contributed by atoms with Crippen molar-refractivity contribution in [1.29, 1.82) is 0 Å². The lowest BCUT2D eigenvalue weighted by Crippen LogP contribution is -1.90. The predicted octanol–water partition coefficient (Wildman–Crippen LogP) is 2.86. The smallest absolute Gasteiger partial charge is 0.119 e. The SMILES string of the molecule is COc1cccc([C@H](C)N=C=S)c1. The molecule has 1 aromatic rings. The molecule has 0 fully saturated rings. The Labute approximate surface area is 83.3 Å². The van der Waals surface area contributed by atoms with E-state index in [1.165, 1.54) is 0 Å². The van der Waals surface area contributed by atoms with Gasteiger partial charge >= 0.3 is 0 Å². The molecule has 0 aliphatic rings. The summed E-state index contributed by atoms with van der Waals surface area (Å²) in [6, 6.07) is 7.82. The average Bonchev–Trinajstić information content (AvgIpc) is 2.18. The number of rotatable bonds is 3. The Bertz CT molecular complexity index is 331. The van der Waals surface area contributed by atoms with Crippen molar-refractivity contribution in [2.45, 2.75) is 13.0 Å². The van der Waals surface area contributed by atoms with Gasteiger partial charge in [-0.15, -0.1) is 0 Å². The lowest BCUT2D eigenvalue weighted by atomic mass is 10.1. The standard InChI is InChI=1S/C10H11NOS/c1-8(11-7-13)9-4-3-5-10(6-9)12-2/h3-6,8H,1-2H3/t8-/m0/s1. The van der Waals surface area contributed by atoms with Crippen LogP contribution in [0.1, 0.15) is 18.5 Å². The summed E-state index contributed by atoms with van der Waals surface area (Å²) in [4.78, 5) is 3.98. The highest BCUT2D eigenvalue weighted by molar-refractivity contribution is 7.78. The van der Waals surface area contributed by atoms with E-state index < -0.39 is 0 Å². The largest absolute Gasteiger partial charge is 0.497 e. The van der Waals surface area contributed by atoms with Gasteiger partial charge in [-0.3, -0.25) is 0 Å². The van der Waals surface area contributed by atoms with Gasteiger partial charge in [-0.2, -0.15) is 0 Å². The number of methoxy groups -OCH3 is 1. The van der Waals surface area contributed by atoms with Crippen LogP contribution in [0.2, 0.25) is 0 Å². The van der Waals surface area contributed by atoms with Crippen LogP contribution in [0.3, 0.4) is 0 Å². The minimum absolute atomic E-state index is 0.0487. The maximum absolute atomic E-state index is 5.10. The second-order valence-electron chi connectivity index (χ2n) is 2.67. The van der Waals surface area contributed by atoms with Crippen LogP contribution in [0.4, 0.5) is 0 Å². The van der Waals surface area contributed by atoms with Gasteiger partial charge in [0, 0.05) is 0 Å². The lowest BCUT2D eigenvalue weighted by Gasteiger charge is -2.06. The van der Waals surface area contributed by atoms with E-state index in [4.69, 9.17) is 4.74 Å². The first-order valence-corrected chi connectivity index (χ1v) is 4.39. The third-order valence-electron chi connectivity index (χ3n) is 1.82. The zero-order valence-corrected chi connectivity index (χ0v) is 8.47. The van der Waals surface area contributed by atoms with Crippen LogP contribution in [-0.4, -0.2) is 12.3 Å². The van der Waals surface area contributed by atoms with E-state index in [1.807, 2.05) is 31.2 Å². The molecular formula is C10H11NOS. The normalized spacial score (nSPS) is 11.5. The van der Waals surface area contributed by atoms with Crippen molar-refractivity contribution in [1.82, 2.24) is 0 Å². The zero-order chi connectivity index (χ0) is 9.68. The first kappa shape index (κ1) is 9.90. The maximum atomic E-state index is 5.10.